The van der Waals surface area contributed by atoms with Gasteiger partial charge < -0.3 is 31.1 Å². The van der Waals surface area contributed by atoms with Crippen molar-refractivity contribution in [3.63, 3.8) is 0 Å². The van der Waals surface area contributed by atoms with Crippen LogP contribution in [0.3, 0.4) is 0 Å². The summed E-state index contributed by atoms with van der Waals surface area (Å²) in [5.74, 6) is -0.340. The number of carbonyl (C=O) groups is 2. The normalized spacial score (nSPS) is 13.2. The van der Waals surface area contributed by atoms with Crippen LogP contribution in [-0.2, 0) is 16.0 Å². The SMILES string of the molecule is CN(CC(=O)NCO)C(=O)C(NCCOc1cccc(F)c1CCCN)C1CC1.Cc1ccc(F)cc1. The number of benzene rings is 2. The van der Waals surface area contributed by atoms with Gasteiger partial charge in [-0.25, -0.2) is 8.78 Å². The average Bonchev–Trinajstić information content (AvgIpc) is 3.71. The summed E-state index contributed by atoms with van der Waals surface area (Å²) in [5, 5.41) is 14.2. The maximum atomic E-state index is 14.0. The third-order valence-corrected chi connectivity index (χ3v) is 5.83. The molecule has 0 aromatic heterocycles. The number of aliphatic hydroxyl groups is 1. The number of aliphatic hydroxyl groups excluding tert-OH is 1. The molecule has 5 N–H and O–H groups in total. The van der Waals surface area contributed by atoms with Crippen molar-refractivity contribution in [2.45, 2.75) is 38.6 Å². The molecule has 2 amide bonds. The number of rotatable bonds is 13. The first-order valence-electron chi connectivity index (χ1n) is 12.4. The zero-order chi connectivity index (χ0) is 27.2. The number of amides is 2. The highest BCUT2D eigenvalue weighted by Crippen LogP contribution is 2.33. The summed E-state index contributed by atoms with van der Waals surface area (Å²) in [6, 6.07) is 10.7. The van der Waals surface area contributed by atoms with Crippen LogP contribution in [0.15, 0.2) is 42.5 Å². The van der Waals surface area contributed by atoms with Crippen molar-refractivity contribution in [3.05, 3.63) is 65.2 Å². The molecule has 0 bridgehead atoms. The molecule has 1 aliphatic rings. The summed E-state index contributed by atoms with van der Waals surface area (Å²) in [6.45, 7) is 2.52. The fourth-order valence-corrected chi connectivity index (χ4v) is 3.66. The van der Waals surface area contributed by atoms with Crippen LogP contribution >= 0.6 is 0 Å². The summed E-state index contributed by atoms with van der Waals surface area (Å²) in [6.07, 6.45) is 3.09. The molecule has 2 aromatic rings. The summed E-state index contributed by atoms with van der Waals surface area (Å²) in [4.78, 5) is 25.6. The Kier molecular flexibility index (Phi) is 13.0. The molecule has 3 rings (SSSR count). The van der Waals surface area contributed by atoms with Gasteiger partial charge in [-0.3, -0.25) is 9.59 Å². The van der Waals surface area contributed by atoms with Crippen LogP contribution in [0.4, 0.5) is 8.78 Å². The van der Waals surface area contributed by atoms with Crippen molar-refractivity contribution >= 4 is 11.8 Å². The summed E-state index contributed by atoms with van der Waals surface area (Å²) in [7, 11) is 1.56. The van der Waals surface area contributed by atoms with E-state index >= 15 is 0 Å². The van der Waals surface area contributed by atoms with E-state index in [1.807, 2.05) is 6.92 Å². The van der Waals surface area contributed by atoms with Crippen molar-refractivity contribution in [3.8, 4) is 5.75 Å². The number of nitrogens with one attached hydrogen (secondary N) is 2. The second-order valence-electron chi connectivity index (χ2n) is 8.97. The molecular formula is C27H38F2N4O4. The van der Waals surface area contributed by atoms with E-state index < -0.39 is 18.7 Å². The predicted octanol–water partition coefficient (Wildman–Crippen LogP) is 2.12. The smallest absolute Gasteiger partial charge is 0.241 e. The zero-order valence-corrected chi connectivity index (χ0v) is 21.5. The Bertz CT molecular complexity index is 966. The molecule has 0 aliphatic heterocycles. The number of nitrogens with two attached hydrogens (primary N) is 1. The highest BCUT2D eigenvalue weighted by molar-refractivity contribution is 5.87. The van der Waals surface area contributed by atoms with Crippen LogP contribution in [0, 0.1) is 24.5 Å². The quantitative estimate of drug-likeness (QED) is 0.238. The maximum Gasteiger partial charge on any atom is 0.241 e. The minimum absolute atomic E-state index is 0.116. The standard InChI is InChI=1S/C20H31FN4O4.C7H7F/c1-25(12-18(27)24-13-26)20(28)19(14-7-8-14)23-10-11-29-17-6-2-5-16(21)15(17)4-3-9-22;1-6-2-4-7(8)5-3-6/h2,5-6,14,19,23,26H,3-4,7-13,22H2,1H3,(H,24,27);2-5H,1H3. The lowest BCUT2D eigenvalue weighted by molar-refractivity contribution is -0.137. The van der Waals surface area contributed by atoms with Gasteiger partial charge in [0, 0.05) is 19.2 Å². The van der Waals surface area contributed by atoms with E-state index in [1.165, 1.54) is 23.1 Å². The minimum Gasteiger partial charge on any atom is -0.492 e. The largest absolute Gasteiger partial charge is 0.492 e. The van der Waals surface area contributed by atoms with E-state index in [9.17, 15) is 18.4 Å². The number of likely N-dealkylation sites (N-methyl/N-ethyl adjacent to an activating group) is 1. The Morgan fingerprint density at radius 1 is 1.19 bits per heavy atom. The lowest BCUT2D eigenvalue weighted by Crippen LogP contribution is -2.50. The number of carbonyl (C=O) groups excluding carboxylic acids is 2. The first-order chi connectivity index (χ1) is 17.8. The molecule has 0 saturated heterocycles. The van der Waals surface area contributed by atoms with Gasteiger partial charge in [0.25, 0.3) is 0 Å². The molecule has 204 valence electrons. The summed E-state index contributed by atoms with van der Waals surface area (Å²) < 4.78 is 31.9. The number of hydrogen-bond acceptors (Lipinski definition) is 6. The third kappa shape index (κ3) is 10.8. The highest BCUT2D eigenvalue weighted by atomic mass is 19.1. The van der Waals surface area contributed by atoms with Crippen molar-refractivity contribution in [2.75, 3.05) is 40.0 Å². The van der Waals surface area contributed by atoms with Gasteiger partial charge >= 0.3 is 0 Å². The second kappa shape index (κ2) is 15.9. The van der Waals surface area contributed by atoms with Gasteiger partial charge in [0.15, 0.2) is 0 Å². The second-order valence-corrected chi connectivity index (χ2v) is 8.97. The van der Waals surface area contributed by atoms with Crippen molar-refractivity contribution in [1.82, 2.24) is 15.5 Å². The number of hydrogen-bond donors (Lipinski definition) is 4. The van der Waals surface area contributed by atoms with Crippen LogP contribution in [0.5, 0.6) is 5.75 Å². The maximum absolute atomic E-state index is 14.0. The fraction of sp³-hybridized carbons (Fsp3) is 0.481. The lowest BCUT2D eigenvalue weighted by Gasteiger charge is -2.24. The molecule has 10 heteroatoms. The number of ether oxygens (including phenoxy) is 1. The molecule has 1 fully saturated rings. The highest BCUT2D eigenvalue weighted by Gasteiger charge is 2.37. The molecule has 37 heavy (non-hydrogen) atoms. The van der Waals surface area contributed by atoms with Gasteiger partial charge in [0.2, 0.25) is 11.8 Å². The molecule has 0 radical (unpaired) electrons. The molecule has 2 aromatic carbocycles. The van der Waals surface area contributed by atoms with E-state index in [4.69, 9.17) is 15.6 Å². The molecule has 0 spiro atoms. The van der Waals surface area contributed by atoms with Gasteiger partial charge in [0.1, 0.15) is 30.7 Å². The summed E-state index contributed by atoms with van der Waals surface area (Å²) in [5.41, 5.74) is 7.12. The molecule has 1 saturated carbocycles. The molecule has 1 aliphatic carbocycles. The molecule has 1 unspecified atom stereocenters. The fourth-order valence-electron chi connectivity index (χ4n) is 3.66. The third-order valence-electron chi connectivity index (χ3n) is 5.83. The van der Waals surface area contributed by atoms with Crippen molar-refractivity contribution in [2.24, 2.45) is 11.7 Å². The zero-order valence-electron chi connectivity index (χ0n) is 21.5. The topological polar surface area (TPSA) is 117 Å². The van der Waals surface area contributed by atoms with Gasteiger partial charge in [0.05, 0.1) is 12.6 Å². The number of halogens is 2. The van der Waals surface area contributed by atoms with Crippen LogP contribution in [0.25, 0.3) is 0 Å². The minimum atomic E-state index is -0.462. The Morgan fingerprint density at radius 3 is 2.49 bits per heavy atom. The first-order valence-corrected chi connectivity index (χ1v) is 12.4. The van der Waals surface area contributed by atoms with Crippen LogP contribution < -0.4 is 21.1 Å². The van der Waals surface area contributed by atoms with Gasteiger partial charge in [-0.15, -0.1) is 0 Å². The van der Waals surface area contributed by atoms with Crippen molar-refractivity contribution in [1.29, 1.82) is 0 Å². The predicted molar refractivity (Wildman–Crippen MR) is 138 cm³/mol. The van der Waals surface area contributed by atoms with Gasteiger partial charge in [-0.1, -0.05) is 23.8 Å². The van der Waals surface area contributed by atoms with Gasteiger partial charge in [-0.05, 0) is 69.3 Å². The Morgan fingerprint density at radius 2 is 1.89 bits per heavy atom. The van der Waals surface area contributed by atoms with Crippen LogP contribution in [-0.4, -0.2) is 67.9 Å². The Balaban J connectivity index is 0.000000510. The molecular weight excluding hydrogens is 482 g/mol. The number of nitrogens with zero attached hydrogens (tertiary/aromatic N) is 1. The summed E-state index contributed by atoms with van der Waals surface area (Å²) >= 11 is 0. The monoisotopic (exact) mass is 520 g/mol. The van der Waals surface area contributed by atoms with E-state index in [0.717, 1.165) is 18.4 Å². The molecule has 8 nitrogen and oxygen atoms in total. The van der Waals surface area contributed by atoms with Gasteiger partial charge in [-0.2, -0.15) is 0 Å². The van der Waals surface area contributed by atoms with Crippen LogP contribution in [0.1, 0.15) is 30.4 Å². The number of aryl methyl sites for hydroxylation is 1. The first kappa shape index (κ1) is 30.1. The van der Waals surface area contributed by atoms with E-state index in [-0.39, 0.29) is 36.6 Å². The van der Waals surface area contributed by atoms with E-state index in [0.29, 0.717) is 37.2 Å². The average molecular weight is 521 g/mol. The Labute approximate surface area is 217 Å². The molecule has 0 heterocycles. The van der Waals surface area contributed by atoms with E-state index in [2.05, 4.69) is 10.6 Å². The lowest BCUT2D eigenvalue weighted by atomic mass is 10.1. The Hall–Kier alpha value is -3.08. The van der Waals surface area contributed by atoms with Crippen LogP contribution in [0.2, 0.25) is 0 Å². The molecule has 1 atom stereocenters. The van der Waals surface area contributed by atoms with E-state index in [1.54, 1.807) is 31.3 Å². The van der Waals surface area contributed by atoms with Crippen molar-refractivity contribution < 1.29 is 28.2 Å².